The number of benzene rings is 2. The number of hydrogen-bond donors (Lipinski definition) is 2. The summed E-state index contributed by atoms with van der Waals surface area (Å²) in [7, 11) is 0. The van der Waals surface area contributed by atoms with Crippen molar-refractivity contribution in [2.24, 2.45) is 0 Å². The molecule has 0 saturated carbocycles. The first-order valence-corrected chi connectivity index (χ1v) is 12.7. The average Bonchev–Trinajstić information content (AvgIpc) is 2.91. The largest absolute Gasteiger partial charge is 0.462 e. The average molecular weight is 526 g/mol. The molecule has 11 heteroatoms. The first-order valence-electron chi connectivity index (χ1n) is 12.7. The number of hydrogen-bond acceptors (Lipinski definition) is 7. The highest BCUT2D eigenvalue weighted by molar-refractivity contribution is 5.98. The maximum atomic E-state index is 13.2. The van der Waals surface area contributed by atoms with E-state index in [1.165, 1.54) is 17.0 Å². The highest BCUT2D eigenvalue weighted by Gasteiger charge is 2.35. The van der Waals surface area contributed by atoms with Gasteiger partial charge in [0.05, 0.1) is 25.1 Å². The van der Waals surface area contributed by atoms with Crippen molar-refractivity contribution in [1.29, 1.82) is 0 Å². The van der Waals surface area contributed by atoms with E-state index in [0.717, 1.165) is 5.69 Å². The fraction of sp³-hybridized carbons (Fsp3) is 0.407. The number of esters is 1. The minimum absolute atomic E-state index is 0.151. The van der Waals surface area contributed by atoms with Crippen molar-refractivity contribution >= 4 is 35.1 Å². The lowest BCUT2D eigenvalue weighted by atomic mass is 10.1. The van der Waals surface area contributed by atoms with E-state index in [1.807, 2.05) is 4.90 Å². The summed E-state index contributed by atoms with van der Waals surface area (Å²) in [5, 5.41) is 5.46. The van der Waals surface area contributed by atoms with Crippen molar-refractivity contribution in [3.8, 4) is 0 Å². The van der Waals surface area contributed by atoms with E-state index in [2.05, 4.69) is 15.5 Å². The molecule has 0 radical (unpaired) electrons. The fourth-order valence-electron chi connectivity index (χ4n) is 4.61. The normalized spacial score (nSPS) is 18.1. The predicted octanol–water partition coefficient (Wildman–Crippen LogP) is 1.48. The van der Waals surface area contributed by atoms with Gasteiger partial charge in [-0.05, 0) is 55.5 Å². The summed E-state index contributed by atoms with van der Waals surface area (Å²) in [5.74, 6) is -1.71. The molecule has 2 aliphatic heterocycles. The van der Waals surface area contributed by atoms with Crippen LogP contribution in [0.5, 0.6) is 0 Å². The van der Waals surface area contributed by atoms with Crippen LogP contribution in [0.25, 0.3) is 0 Å². The number of amides is 3. The van der Waals surface area contributed by atoms with Gasteiger partial charge < -0.3 is 25.2 Å². The number of anilines is 2. The maximum absolute atomic E-state index is 13.2. The molecule has 2 saturated heterocycles. The van der Waals surface area contributed by atoms with E-state index in [-0.39, 0.29) is 37.2 Å². The van der Waals surface area contributed by atoms with Crippen LogP contribution in [-0.2, 0) is 19.1 Å². The molecule has 2 aromatic rings. The van der Waals surface area contributed by atoms with E-state index >= 15 is 0 Å². The molecule has 0 aliphatic carbocycles. The Balaban J connectivity index is 1.30. The molecule has 4 rings (SSSR count). The SMILES string of the molecule is CCOC(=O)c1ccc(NC(=O)CC2C(=O)NCCN2C(=O)CN2CCN(c3ccc(F)cc3)CC2)cc1. The minimum Gasteiger partial charge on any atom is -0.462 e. The number of piperazine rings is 2. The van der Waals surface area contributed by atoms with Crippen LogP contribution in [0.2, 0.25) is 0 Å². The van der Waals surface area contributed by atoms with Crippen LogP contribution in [0.4, 0.5) is 15.8 Å². The molecule has 2 aliphatic rings. The van der Waals surface area contributed by atoms with Crippen LogP contribution >= 0.6 is 0 Å². The second kappa shape index (κ2) is 12.5. The summed E-state index contributed by atoms with van der Waals surface area (Å²) in [6.07, 6.45) is -0.185. The first-order chi connectivity index (χ1) is 18.3. The minimum atomic E-state index is -0.907. The van der Waals surface area contributed by atoms with Crippen molar-refractivity contribution < 1.29 is 28.3 Å². The van der Waals surface area contributed by atoms with Crippen molar-refractivity contribution in [1.82, 2.24) is 15.1 Å². The number of halogens is 1. The van der Waals surface area contributed by atoms with Gasteiger partial charge in [0.25, 0.3) is 0 Å². The monoisotopic (exact) mass is 525 g/mol. The van der Waals surface area contributed by atoms with Gasteiger partial charge in [-0.2, -0.15) is 0 Å². The highest BCUT2D eigenvalue weighted by atomic mass is 19.1. The summed E-state index contributed by atoms with van der Waals surface area (Å²) in [4.78, 5) is 56.0. The summed E-state index contributed by atoms with van der Waals surface area (Å²) >= 11 is 0. The van der Waals surface area contributed by atoms with Gasteiger partial charge in [-0.3, -0.25) is 19.3 Å². The fourth-order valence-corrected chi connectivity index (χ4v) is 4.61. The molecule has 10 nitrogen and oxygen atoms in total. The second-order valence-electron chi connectivity index (χ2n) is 9.18. The molecule has 0 spiro atoms. The van der Waals surface area contributed by atoms with Crippen LogP contribution < -0.4 is 15.5 Å². The van der Waals surface area contributed by atoms with Gasteiger partial charge in [0.1, 0.15) is 11.9 Å². The van der Waals surface area contributed by atoms with E-state index in [4.69, 9.17) is 4.74 Å². The second-order valence-corrected chi connectivity index (χ2v) is 9.18. The van der Waals surface area contributed by atoms with E-state index in [1.54, 1.807) is 43.3 Å². The lowest BCUT2D eigenvalue weighted by Crippen LogP contribution is -2.60. The third kappa shape index (κ3) is 6.86. The number of nitrogens with zero attached hydrogens (tertiary/aromatic N) is 3. The quantitative estimate of drug-likeness (QED) is 0.503. The molecule has 38 heavy (non-hydrogen) atoms. The predicted molar refractivity (Wildman–Crippen MR) is 139 cm³/mol. The van der Waals surface area contributed by atoms with Crippen molar-refractivity contribution in [3.63, 3.8) is 0 Å². The van der Waals surface area contributed by atoms with Gasteiger partial charge in [-0.25, -0.2) is 9.18 Å². The summed E-state index contributed by atoms with van der Waals surface area (Å²) in [6, 6.07) is 11.7. The summed E-state index contributed by atoms with van der Waals surface area (Å²) < 4.78 is 18.2. The lowest BCUT2D eigenvalue weighted by molar-refractivity contribution is -0.145. The van der Waals surface area contributed by atoms with E-state index in [0.29, 0.717) is 50.5 Å². The van der Waals surface area contributed by atoms with Crippen LogP contribution in [0, 0.1) is 5.82 Å². The Labute approximate surface area is 220 Å². The molecule has 1 atom stereocenters. The smallest absolute Gasteiger partial charge is 0.338 e. The Morgan fingerprint density at radius 1 is 1.00 bits per heavy atom. The Morgan fingerprint density at radius 2 is 1.68 bits per heavy atom. The standard InChI is InChI=1S/C27H32FN5O5/c1-2-38-27(37)19-3-7-21(8-4-19)30-24(34)17-23-26(36)29-11-12-33(23)25(35)18-31-13-15-32(16-14-31)22-9-5-20(28)6-10-22/h3-10,23H,2,11-18H2,1H3,(H,29,36)(H,30,34). The van der Waals surface area contributed by atoms with E-state index in [9.17, 15) is 23.6 Å². The van der Waals surface area contributed by atoms with Gasteiger partial charge in [-0.15, -0.1) is 0 Å². The zero-order chi connectivity index (χ0) is 27.1. The Bertz CT molecular complexity index is 1150. The van der Waals surface area contributed by atoms with Gasteiger partial charge in [0, 0.05) is 50.6 Å². The first kappa shape index (κ1) is 27.1. The number of carbonyl (C=O) groups excluding carboxylic acids is 4. The molecule has 202 valence electrons. The Hall–Kier alpha value is -3.99. The van der Waals surface area contributed by atoms with Crippen LogP contribution in [0.15, 0.2) is 48.5 Å². The molecule has 3 amide bonds. The van der Waals surface area contributed by atoms with E-state index < -0.39 is 17.9 Å². The third-order valence-corrected chi connectivity index (χ3v) is 6.63. The number of nitrogens with one attached hydrogen (secondary N) is 2. The Kier molecular flexibility index (Phi) is 8.90. The highest BCUT2D eigenvalue weighted by Crippen LogP contribution is 2.18. The molecule has 2 aromatic carbocycles. The molecule has 1 unspecified atom stereocenters. The maximum Gasteiger partial charge on any atom is 0.338 e. The van der Waals surface area contributed by atoms with Crippen LogP contribution in [0.1, 0.15) is 23.7 Å². The van der Waals surface area contributed by atoms with Crippen molar-refractivity contribution in [2.45, 2.75) is 19.4 Å². The number of ether oxygens (including phenoxy) is 1. The molecule has 0 aromatic heterocycles. The zero-order valence-electron chi connectivity index (χ0n) is 21.3. The molecule has 2 N–H and O–H groups in total. The van der Waals surface area contributed by atoms with Crippen LogP contribution in [-0.4, -0.2) is 92.0 Å². The Morgan fingerprint density at radius 3 is 2.34 bits per heavy atom. The summed E-state index contributed by atoms with van der Waals surface area (Å²) in [5.41, 5.74) is 1.77. The molecule has 2 fully saturated rings. The molecule has 0 bridgehead atoms. The number of rotatable bonds is 8. The summed E-state index contributed by atoms with van der Waals surface area (Å²) in [6.45, 7) is 5.48. The number of carbonyl (C=O) groups is 4. The topological polar surface area (TPSA) is 111 Å². The third-order valence-electron chi connectivity index (χ3n) is 6.63. The molecular formula is C27H32FN5O5. The zero-order valence-corrected chi connectivity index (χ0v) is 21.3. The van der Waals surface area contributed by atoms with Crippen molar-refractivity contribution in [2.75, 3.05) is 62.6 Å². The van der Waals surface area contributed by atoms with Crippen molar-refractivity contribution in [3.05, 3.63) is 59.9 Å². The lowest BCUT2D eigenvalue weighted by Gasteiger charge is -2.39. The van der Waals surface area contributed by atoms with Gasteiger partial charge in [-0.1, -0.05) is 0 Å². The van der Waals surface area contributed by atoms with Gasteiger partial charge >= 0.3 is 5.97 Å². The molecular weight excluding hydrogens is 493 g/mol. The molecule has 2 heterocycles. The van der Waals surface area contributed by atoms with Crippen LogP contribution in [0.3, 0.4) is 0 Å². The van der Waals surface area contributed by atoms with Gasteiger partial charge in [0.15, 0.2) is 0 Å². The van der Waals surface area contributed by atoms with Gasteiger partial charge in [0.2, 0.25) is 17.7 Å².